The summed E-state index contributed by atoms with van der Waals surface area (Å²) >= 11 is 0. The van der Waals surface area contributed by atoms with Gasteiger partial charge in [-0.25, -0.2) is 9.59 Å². The summed E-state index contributed by atoms with van der Waals surface area (Å²) in [5.41, 5.74) is 3.07. The minimum absolute atomic E-state index is 0.0889. The van der Waals surface area contributed by atoms with Gasteiger partial charge in [0.15, 0.2) is 0 Å². The molecule has 2 atom stereocenters. The number of alkyl carbamates (subject to hydrolysis) is 1. The lowest BCUT2D eigenvalue weighted by atomic mass is 9.94. The van der Waals surface area contributed by atoms with Crippen LogP contribution in [0.5, 0.6) is 0 Å². The number of carbonyl (C=O) groups is 3. The molecule has 2 aromatic carbocycles. The Morgan fingerprint density at radius 2 is 1.56 bits per heavy atom. The lowest BCUT2D eigenvalue weighted by molar-refractivity contribution is -0.158. The Morgan fingerprint density at radius 1 is 1.03 bits per heavy atom. The number of ether oxygens (including phenoxy) is 1. The fourth-order valence-corrected chi connectivity index (χ4v) is 4.56. The van der Waals surface area contributed by atoms with Crippen LogP contribution in [0.3, 0.4) is 0 Å². The van der Waals surface area contributed by atoms with Gasteiger partial charge in [-0.3, -0.25) is 4.79 Å². The Kier molecular flexibility index (Phi) is 7.64. The molecule has 7 heteroatoms. The molecule has 1 aliphatic rings. The van der Waals surface area contributed by atoms with Crippen LogP contribution >= 0.6 is 0 Å². The monoisotopic (exact) mass is 466 g/mol. The van der Waals surface area contributed by atoms with E-state index in [2.05, 4.69) is 17.4 Å². The van der Waals surface area contributed by atoms with Gasteiger partial charge >= 0.3 is 12.1 Å². The highest BCUT2D eigenvalue weighted by molar-refractivity contribution is 5.91. The predicted molar refractivity (Wildman–Crippen MR) is 131 cm³/mol. The maximum absolute atomic E-state index is 13.3. The Balaban J connectivity index is 1.75. The van der Waals surface area contributed by atoms with E-state index in [-0.39, 0.29) is 25.0 Å². The summed E-state index contributed by atoms with van der Waals surface area (Å²) < 4.78 is 5.62. The van der Waals surface area contributed by atoms with Crippen molar-refractivity contribution in [2.45, 2.75) is 58.5 Å². The molecule has 0 radical (unpaired) electrons. The van der Waals surface area contributed by atoms with Crippen LogP contribution in [-0.4, -0.2) is 52.7 Å². The van der Waals surface area contributed by atoms with Gasteiger partial charge in [-0.2, -0.15) is 0 Å². The summed E-state index contributed by atoms with van der Waals surface area (Å²) in [5, 5.41) is 12.3. The maximum Gasteiger partial charge on any atom is 0.407 e. The van der Waals surface area contributed by atoms with Crippen molar-refractivity contribution >= 4 is 18.0 Å². The minimum atomic E-state index is -1.40. The molecule has 182 valence electrons. The van der Waals surface area contributed by atoms with Gasteiger partial charge in [-0.05, 0) is 48.9 Å². The molecular formula is C27H34N2O5. The third kappa shape index (κ3) is 4.79. The topological polar surface area (TPSA) is 95.9 Å². The number of likely N-dealkylation sites (N-methyl/N-ethyl adjacent to an activating group) is 1. The molecule has 2 aromatic rings. The van der Waals surface area contributed by atoms with E-state index in [0.717, 1.165) is 22.3 Å². The zero-order chi connectivity index (χ0) is 25.0. The summed E-state index contributed by atoms with van der Waals surface area (Å²) in [6.07, 6.45) is -0.0600. The van der Waals surface area contributed by atoms with Crippen LogP contribution < -0.4 is 5.32 Å². The number of fused-ring (bicyclic) bond motifs is 3. The fraction of sp³-hybridized carbons (Fsp3) is 0.444. The van der Waals surface area contributed by atoms with Gasteiger partial charge in [-0.15, -0.1) is 0 Å². The average Bonchev–Trinajstić information content (AvgIpc) is 3.14. The summed E-state index contributed by atoms with van der Waals surface area (Å²) in [6, 6.07) is 15.2. The van der Waals surface area contributed by atoms with Gasteiger partial charge in [0, 0.05) is 12.5 Å². The van der Waals surface area contributed by atoms with Crippen LogP contribution in [0.4, 0.5) is 4.79 Å². The van der Waals surface area contributed by atoms with E-state index in [9.17, 15) is 19.5 Å². The van der Waals surface area contributed by atoms with Crippen molar-refractivity contribution in [3.8, 4) is 11.1 Å². The molecule has 3 rings (SSSR count). The van der Waals surface area contributed by atoms with Crippen molar-refractivity contribution in [1.29, 1.82) is 0 Å². The first-order valence-corrected chi connectivity index (χ1v) is 11.8. The van der Waals surface area contributed by atoms with Crippen LogP contribution in [-0.2, 0) is 14.3 Å². The second kappa shape index (κ2) is 10.3. The Bertz CT molecular complexity index is 1020. The zero-order valence-electron chi connectivity index (χ0n) is 20.5. The molecule has 1 aliphatic carbocycles. The normalized spacial score (nSPS) is 14.5. The molecule has 1 unspecified atom stereocenters. The number of nitrogens with one attached hydrogen (secondary N) is 1. The molecule has 0 aliphatic heterocycles. The zero-order valence-corrected chi connectivity index (χ0v) is 20.5. The number of amides is 2. The summed E-state index contributed by atoms with van der Waals surface area (Å²) in [6.45, 7) is 8.81. The molecule has 2 N–H and O–H groups in total. The molecule has 2 amide bonds. The number of aliphatic carboxylic acids is 1. The van der Waals surface area contributed by atoms with Crippen molar-refractivity contribution in [3.63, 3.8) is 0 Å². The van der Waals surface area contributed by atoms with E-state index in [0.29, 0.717) is 6.42 Å². The second-order valence-electron chi connectivity index (χ2n) is 9.28. The summed E-state index contributed by atoms with van der Waals surface area (Å²) in [4.78, 5) is 39.2. The van der Waals surface area contributed by atoms with Crippen molar-refractivity contribution in [1.82, 2.24) is 10.2 Å². The smallest absolute Gasteiger partial charge is 0.407 e. The number of rotatable bonds is 9. The van der Waals surface area contributed by atoms with Crippen LogP contribution in [0.2, 0.25) is 0 Å². The molecule has 0 saturated heterocycles. The molecule has 7 nitrogen and oxygen atoms in total. The van der Waals surface area contributed by atoms with Crippen molar-refractivity contribution in [3.05, 3.63) is 59.7 Å². The van der Waals surface area contributed by atoms with Gasteiger partial charge in [-0.1, -0.05) is 68.8 Å². The largest absolute Gasteiger partial charge is 0.480 e. The number of carbonyl (C=O) groups excluding carboxylic acids is 2. The van der Waals surface area contributed by atoms with E-state index in [4.69, 9.17) is 4.74 Å². The average molecular weight is 467 g/mol. The van der Waals surface area contributed by atoms with Crippen LogP contribution in [0.25, 0.3) is 11.1 Å². The number of benzene rings is 2. The number of hydrogen-bond acceptors (Lipinski definition) is 4. The van der Waals surface area contributed by atoms with Crippen molar-refractivity contribution in [2.24, 2.45) is 5.92 Å². The SMILES string of the molecule is CCC(C)[C@H](NC(=O)OCC1c2ccccc2-c2ccccc21)C(=O)N(CC)C(C)(C)C(=O)O. The molecule has 0 spiro atoms. The summed E-state index contributed by atoms with van der Waals surface area (Å²) in [5.74, 6) is -1.83. The fourth-order valence-electron chi connectivity index (χ4n) is 4.56. The van der Waals surface area contributed by atoms with Gasteiger partial charge in [0.2, 0.25) is 5.91 Å². The second-order valence-corrected chi connectivity index (χ2v) is 9.28. The standard InChI is InChI=1S/C27H34N2O5/c1-6-17(3)23(24(30)29(7-2)27(4,5)25(31)32)28-26(33)34-16-22-20-14-10-8-12-18(20)19-13-9-11-15-21(19)22/h8-15,17,22-23H,6-7,16H2,1-5H3,(H,28,33)(H,31,32)/t17?,23-/m0/s1. The third-order valence-corrected chi connectivity index (χ3v) is 6.88. The molecule has 0 aromatic heterocycles. The predicted octanol–water partition coefficient (Wildman–Crippen LogP) is 4.65. The third-order valence-electron chi connectivity index (χ3n) is 6.88. The number of carboxylic acids is 1. The Hall–Kier alpha value is -3.35. The number of hydrogen-bond donors (Lipinski definition) is 2. The molecule has 0 saturated carbocycles. The van der Waals surface area contributed by atoms with Gasteiger partial charge in [0.05, 0.1) is 0 Å². The van der Waals surface area contributed by atoms with E-state index in [1.54, 1.807) is 6.92 Å². The molecule has 0 fully saturated rings. The minimum Gasteiger partial charge on any atom is -0.480 e. The maximum atomic E-state index is 13.3. The van der Waals surface area contributed by atoms with Crippen LogP contribution in [0, 0.1) is 5.92 Å². The van der Waals surface area contributed by atoms with Gasteiger partial charge < -0.3 is 20.1 Å². The Labute approximate surface area is 201 Å². The van der Waals surface area contributed by atoms with E-state index < -0.39 is 29.6 Å². The first-order chi connectivity index (χ1) is 16.1. The Morgan fingerprint density at radius 3 is 2.03 bits per heavy atom. The quantitative estimate of drug-likeness (QED) is 0.561. The lowest BCUT2D eigenvalue weighted by Gasteiger charge is -2.38. The first kappa shape index (κ1) is 25.3. The van der Waals surface area contributed by atoms with Gasteiger partial charge in [0.1, 0.15) is 18.2 Å². The number of carboxylic acid groups (broad SMARTS) is 1. The van der Waals surface area contributed by atoms with Crippen molar-refractivity contribution < 1.29 is 24.2 Å². The van der Waals surface area contributed by atoms with E-state index in [1.165, 1.54) is 18.7 Å². The molecule has 0 heterocycles. The van der Waals surface area contributed by atoms with Crippen molar-refractivity contribution in [2.75, 3.05) is 13.2 Å². The summed E-state index contributed by atoms with van der Waals surface area (Å²) in [7, 11) is 0. The highest BCUT2D eigenvalue weighted by atomic mass is 16.5. The van der Waals surface area contributed by atoms with Gasteiger partial charge in [0.25, 0.3) is 0 Å². The van der Waals surface area contributed by atoms with E-state index in [1.807, 2.05) is 50.2 Å². The van der Waals surface area contributed by atoms with E-state index >= 15 is 0 Å². The number of nitrogens with zero attached hydrogens (tertiary/aromatic N) is 1. The van der Waals surface area contributed by atoms with Crippen LogP contribution in [0.15, 0.2) is 48.5 Å². The first-order valence-electron chi connectivity index (χ1n) is 11.8. The molecule has 0 bridgehead atoms. The lowest BCUT2D eigenvalue weighted by Crippen LogP contribution is -2.60. The van der Waals surface area contributed by atoms with Crippen LogP contribution in [0.1, 0.15) is 58.1 Å². The highest BCUT2D eigenvalue weighted by Crippen LogP contribution is 2.44. The highest BCUT2D eigenvalue weighted by Gasteiger charge is 2.41. The molecule has 34 heavy (non-hydrogen) atoms. The molecular weight excluding hydrogens is 432 g/mol.